The molecule has 3 aromatic rings. The number of ether oxygens (including phenoxy) is 1. The number of benzene rings is 2. The highest BCUT2D eigenvalue weighted by molar-refractivity contribution is 5.96. The van der Waals surface area contributed by atoms with Gasteiger partial charge in [0.25, 0.3) is 0 Å². The summed E-state index contributed by atoms with van der Waals surface area (Å²) in [5, 5.41) is 3.82. The molecule has 0 radical (unpaired) electrons. The van der Waals surface area contributed by atoms with E-state index in [9.17, 15) is 4.79 Å². The van der Waals surface area contributed by atoms with Gasteiger partial charge in [-0.25, -0.2) is 4.98 Å². The summed E-state index contributed by atoms with van der Waals surface area (Å²) in [7, 11) is 0. The molecule has 0 aliphatic carbocycles. The highest BCUT2D eigenvalue weighted by Gasteiger charge is 2.12. The molecule has 1 aromatic heterocycles. The predicted molar refractivity (Wildman–Crippen MR) is 102 cm³/mol. The highest BCUT2D eigenvalue weighted by atomic mass is 16.5. The number of pyridine rings is 1. The van der Waals surface area contributed by atoms with Gasteiger partial charge in [-0.3, -0.25) is 4.79 Å². The summed E-state index contributed by atoms with van der Waals surface area (Å²) in [6.45, 7) is 6.26. The van der Waals surface area contributed by atoms with E-state index < -0.39 is 0 Å². The van der Waals surface area contributed by atoms with Crippen LogP contribution >= 0.6 is 0 Å². The second-order valence-corrected chi connectivity index (χ2v) is 6.18. The number of nitrogens with one attached hydrogen (secondary N) is 1. The Morgan fingerprint density at radius 2 is 1.88 bits per heavy atom. The fourth-order valence-corrected chi connectivity index (χ4v) is 2.59. The van der Waals surface area contributed by atoms with Crippen molar-refractivity contribution >= 4 is 22.5 Å². The second-order valence-electron chi connectivity index (χ2n) is 6.18. The van der Waals surface area contributed by atoms with E-state index in [0.717, 1.165) is 33.6 Å². The Morgan fingerprint density at radius 1 is 1.12 bits per heavy atom. The van der Waals surface area contributed by atoms with Gasteiger partial charge in [-0.15, -0.1) is 0 Å². The average molecular weight is 334 g/mol. The van der Waals surface area contributed by atoms with Gasteiger partial charge in [0.15, 0.2) is 0 Å². The van der Waals surface area contributed by atoms with Crippen molar-refractivity contribution in [1.82, 2.24) is 4.98 Å². The molecule has 2 aromatic carbocycles. The summed E-state index contributed by atoms with van der Waals surface area (Å²) in [5.41, 5.74) is 3.51. The van der Waals surface area contributed by atoms with Crippen LogP contribution in [-0.4, -0.2) is 17.5 Å². The van der Waals surface area contributed by atoms with E-state index in [0.29, 0.717) is 6.61 Å². The first-order chi connectivity index (χ1) is 12.1. The fraction of sp³-hybridized carbons (Fsp3) is 0.238. The van der Waals surface area contributed by atoms with Crippen LogP contribution in [0, 0.1) is 5.92 Å². The van der Waals surface area contributed by atoms with Crippen LogP contribution in [0.3, 0.4) is 0 Å². The van der Waals surface area contributed by atoms with Crippen molar-refractivity contribution in [2.75, 3.05) is 11.9 Å². The van der Waals surface area contributed by atoms with E-state index in [1.807, 2.05) is 75.4 Å². The van der Waals surface area contributed by atoms with E-state index in [-0.39, 0.29) is 11.8 Å². The van der Waals surface area contributed by atoms with Crippen LogP contribution in [-0.2, 0) is 4.79 Å². The molecule has 0 saturated carbocycles. The number of hydrogen-bond donors (Lipinski definition) is 1. The average Bonchev–Trinajstić information content (AvgIpc) is 2.62. The quantitative estimate of drug-likeness (QED) is 0.722. The smallest absolute Gasteiger partial charge is 0.226 e. The zero-order chi connectivity index (χ0) is 17.8. The lowest BCUT2D eigenvalue weighted by molar-refractivity contribution is -0.118. The first kappa shape index (κ1) is 17.0. The first-order valence-electron chi connectivity index (χ1n) is 8.52. The molecular formula is C21H22N2O2. The molecule has 0 bridgehead atoms. The van der Waals surface area contributed by atoms with Gasteiger partial charge < -0.3 is 10.1 Å². The van der Waals surface area contributed by atoms with E-state index in [4.69, 9.17) is 9.72 Å². The molecule has 3 rings (SSSR count). The van der Waals surface area contributed by atoms with Crippen molar-refractivity contribution < 1.29 is 9.53 Å². The van der Waals surface area contributed by atoms with E-state index >= 15 is 0 Å². The molecule has 0 atom stereocenters. The van der Waals surface area contributed by atoms with Crippen LogP contribution in [0.15, 0.2) is 54.6 Å². The lowest BCUT2D eigenvalue weighted by Gasteiger charge is -2.13. The molecule has 0 aliphatic rings. The molecule has 0 unspecified atom stereocenters. The number of nitrogens with zero attached hydrogens (tertiary/aromatic N) is 1. The van der Waals surface area contributed by atoms with Crippen LogP contribution in [0.4, 0.5) is 5.69 Å². The molecule has 0 aliphatic heterocycles. The van der Waals surface area contributed by atoms with Gasteiger partial charge in [-0.2, -0.15) is 0 Å². The number of fused-ring (bicyclic) bond motifs is 1. The van der Waals surface area contributed by atoms with Crippen LogP contribution in [0.25, 0.3) is 22.2 Å². The van der Waals surface area contributed by atoms with Gasteiger partial charge in [0.05, 0.1) is 17.8 Å². The maximum atomic E-state index is 11.9. The Kier molecular flexibility index (Phi) is 4.98. The molecule has 0 spiro atoms. The molecule has 4 heteroatoms. The summed E-state index contributed by atoms with van der Waals surface area (Å²) in [6.07, 6.45) is 0. The van der Waals surface area contributed by atoms with Crippen molar-refractivity contribution in [2.45, 2.75) is 20.8 Å². The number of carbonyl (C=O) groups is 1. The summed E-state index contributed by atoms with van der Waals surface area (Å²) in [4.78, 5) is 16.7. The van der Waals surface area contributed by atoms with Gasteiger partial charge in [0.2, 0.25) is 5.91 Å². The normalized spacial score (nSPS) is 10.9. The number of carbonyl (C=O) groups excluding carboxylic acids is 1. The first-order valence-corrected chi connectivity index (χ1v) is 8.52. The predicted octanol–water partition coefficient (Wildman–Crippen LogP) is 4.90. The highest BCUT2D eigenvalue weighted by Crippen LogP contribution is 2.32. The molecule has 0 fully saturated rings. The van der Waals surface area contributed by atoms with E-state index in [2.05, 4.69) is 5.32 Å². The number of aromatic nitrogens is 1. The third kappa shape index (κ3) is 3.79. The Hall–Kier alpha value is -2.88. The van der Waals surface area contributed by atoms with Crippen molar-refractivity contribution in [2.24, 2.45) is 5.92 Å². The molecule has 128 valence electrons. The maximum absolute atomic E-state index is 11.9. The zero-order valence-corrected chi connectivity index (χ0v) is 14.7. The number of hydrogen-bond acceptors (Lipinski definition) is 3. The van der Waals surface area contributed by atoms with Gasteiger partial charge >= 0.3 is 0 Å². The number of rotatable bonds is 5. The largest absolute Gasteiger partial charge is 0.493 e. The van der Waals surface area contributed by atoms with Crippen LogP contribution in [0.2, 0.25) is 0 Å². The van der Waals surface area contributed by atoms with Crippen LogP contribution in [0.5, 0.6) is 5.75 Å². The standard InChI is InChI=1S/C21H22N2O2/c1-4-25-20-13-19(15-8-6-5-7-9-15)23-18-11-10-16(12-17(18)20)22-21(24)14(2)3/h5-14H,4H2,1-3H3,(H,22,24). The topological polar surface area (TPSA) is 51.2 Å². The maximum Gasteiger partial charge on any atom is 0.226 e. The lowest BCUT2D eigenvalue weighted by Crippen LogP contribution is -2.17. The monoisotopic (exact) mass is 334 g/mol. The second kappa shape index (κ2) is 7.34. The van der Waals surface area contributed by atoms with Crippen molar-refractivity contribution in [3.05, 3.63) is 54.6 Å². The van der Waals surface area contributed by atoms with Gasteiger partial charge in [-0.05, 0) is 25.1 Å². The van der Waals surface area contributed by atoms with E-state index in [1.165, 1.54) is 0 Å². The Morgan fingerprint density at radius 3 is 2.56 bits per heavy atom. The lowest BCUT2D eigenvalue weighted by atomic mass is 10.1. The fourth-order valence-electron chi connectivity index (χ4n) is 2.59. The van der Waals surface area contributed by atoms with Gasteiger partial charge in [-0.1, -0.05) is 44.2 Å². The van der Waals surface area contributed by atoms with Crippen LogP contribution in [0.1, 0.15) is 20.8 Å². The zero-order valence-electron chi connectivity index (χ0n) is 14.7. The van der Waals surface area contributed by atoms with Gasteiger partial charge in [0, 0.05) is 28.6 Å². The Bertz CT molecular complexity index is 889. The number of anilines is 1. The minimum absolute atomic E-state index is 0.00817. The molecule has 4 nitrogen and oxygen atoms in total. The molecule has 1 N–H and O–H groups in total. The molecule has 25 heavy (non-hydrogen) atoms. The minimum Gasteiger partial charge on any atom is -0.493 e. The molecule has 1 amide bonds. The van der Waals surface area contributed by atoms with Crippen molar-refractivity contribution in [3.8, 4) is 17.0 Å². The third-order valence-electron chi connectivity index (χ3n) is 3.93. The molecular weight excluding hydrogens is 312 g/mol. The number of amides is 1. The Labute approximate surface area is 147 Å². The van der Waals surface area contributed by atoms with Crippen molar-refractivity contribution in [3.63, 3.8) is 0 Å². The summed E-state index contributed by atoms with van der Waals surface area (Å²) >= 11 is 0. The van der Waals surface area contributed by atoms with Crippen molar-refractivity contribution in [1.29, 1.82) is 0 Å². The SMILES string of the molecule is CCOc1cc(-c2ccccc2)nc2ccc(NC(=O)C(C)C)cc12. The molecule has 1 heterocycles. The van der Waals surface area contributed by atoms with E-state index in [1.54, 1.807) is 0 Å². The Balaban J connectivity index is 2.07. The van der Waals surface area contributed by atoms with Crippen LogP contribution < -0.4 is 10.1 Å². The summed E-state index contributed by atoms with van der Waals surface area (Å²) in [5.74, 6) is 0.693. The summed E-state index contributed by atoms with van der Waals surface area (Å²) < 4.78 is 5.84. The third-order valence-corrected chi connectivity index (χ3v) is 3.93. The summed E-state index contributed by atoms with van der Waals surface area (Å²) in [6, 6.07) is 17.7. The minimum atomic E-state index is -0.0689. The van der Waals surface area contributed by atoms with Gasteiger partial charge in [0.1, 0.15) is 5.75 Å². The molecule has 0 saturated heterocycles.